The molecule has 1 rings (SSSR count). The molecule has 1 aromatic rings. The number of hydrogen-bond donors (Lipinski definition) is 0. The van der Waals surface area contributed by atoms with Crippen molar-refractivity contribution in [2.45, 2.75) is 6.42 Å². The van der Waals surface area contributed by atoms with E-state index in [1.807, 2.05) is 12.1 Å². The van der Waals surface area contributed by atoms with Gasteiger partial charge in [-0.1, -0.05) is 0 Å². The maximum atomic E-state index is 5.19. The third kappa shape index (κ3) is 6.25. The van der Waals surface area contributed by atoms with Gasteiger partial charge in [-0.25, -0.2) is 0 Å². The molecule has 17 heavy (non-hydrogen) atoms. The first-order chi connectivity index (χ1) is 8.17. The van der Waals surface area contributed by atoms with Crippen molar-refractivity contribution < 1.29 is 26.8 Å². The SMILES string of the molecule is COc1[c-]c(CCN(C)C)ccc1OC.[Cl][Zn+]. The molecule has 0 aromatic heterocycles. The summed E-state index contributed by atoms with van der Waals surface area (Å²) in [7, 11) is 12.1. The number of nitrogens with zero attached hydrogens (tertiary/aromatic N) is 1. The monoisotopic (exact) mass is 307 g/mol. The van der Waals surface area contributed by atoms with Crippen LogP contribution in [0.1, 0.15) is 5.56 Å². The van der Waals surface area contributed by atoms with E-state index in [-0.39, 0.29) is 0 Å². The zero-order valence-corrected chi connectivity index (χ0v) is 14.6. The molecule has 5 heteroatoms. The fourth-order valence-corrected chi connectivity index (χ4v) is 1.30. The number of benzene rings is 1. The number of rotatable bonds is 5. The molecule has 0 spiro atoms. The van der Waals surface area contributed by atoms with Crippen molar-refractivity contribution in [1.82, 2.24) is 4.90 Å². The summed E-state index contributed by atoms with van der Waals surface area (Å²) in [6, 6.07) is 7.13. The fourth-order valence-electron chi connectivity index (χ4n) is 1.30. The van der Waals surface area contributed by atoms with Crippen LogP contribution in [0.2, 0.25) is 0 Å². The fraction of sp³-hybridized carbons (Fsp3) is 0.500. The van der Waals surface area contributed by atoms with E-state index in [4.69, 9.17) is 19.2 Å². The van der Waals surface area contributed by atoms with E-state index in [9.17, 15) is 0 Å². The average Bonchev–Trinajstić information content (AvgIpc) is 2.38. The zero-order chi connectivity index (χ0) is 13.3. The topological polar surface area (TPSA) is 21.7 Å². The number of halogens is 1. The molecule has 0 amide bonds. The molecule has 0 atom stereocenters. The van der Waals surface area contributed by atoms with Gasteiger partial charge in [0, 0.05) is 11.5 Å². The van der Waals surface area contributed by atoms with Crippen LogP contribution in [0.25, 0.3) is 0 Å². The maximum absolute atomic E-state index is 5.19. The summed E-state index contributed by atoms with van der Waals surface area (Å²) in [5.41, 5.74) is 1.14. The molecular weight excluding hydrogens is 291 g/mol. The van der Waals surface area contributed by atoms with Crippen LogP contribution >= 0.6 is 9.69 Å². The second kappa shape index (κ2) is 9.70. The van der Waals surface area contributed by atoms with E-state index in [1.165, 1.54) is 0 Å². The Morgan fingerprint density at radius 1 is 1.24 bits per heavy atom. The zero-order valence-electron chi connectivity index (χ0n) is 10.9. The van der Waals surface area contributed by atoms with E-state index in [1.54, 1.807) is 14.2 Å². The van der Waals surface area contributed by atoms with Gasteiger partial charge in [0.1, 0.15) is 0 Å². The quantitative estimate of drug-likeness (QED) is 0.615. The Morgan fingerprint density at radius 2 is 1.88 bits per heavy atom. The molecular formula is C12H18ClNO2Zn. The molecule has 0 aliphatic rings. The minimum absolute atomic E-state index is 0.675. The normalized spacial score (nSPS) is 9.65. The summed E-state index contributed by atoms with van der Waals surface area (Å²) in [4.78, 5) is 2.14. The Balaban J connectivity index is 0.00000121. The molecule has 0 saturated heterocycles. The van der Waals surface area contributed by atoms with Gasteiger partial charge < -0.3 is 14.4 Å². The Bertz CT molecular complexity index is 321. The second-order valence-electron chi connectivity index (χ2n) is 3.64. The first-order valence-electron chi connectivity index (χ1n) is 5.22. The molecule has 0 unspecified atom stereocenters. The summed E-state index contributed by atoms with van der Waals surface area (Å²) in [6.45, 7) is 1.01. The molecule has 0 aliphatic carbocycles. The van der Waals surface area contributed by atoms with Gasteiger partial charge in [0.25, 0.3) is 0 Å². The van der Waals surface area contributed by atoms with Gasteiger partial charge in [0.05, 0.1) is 14.2 Å². The van der Waals surface area contributed by atoms with Crippen LogP contribution in [0.15, 0.2) is 12.1 Å². The third-order valence-corrected chi connectivity index (χ3v) is 2.19. The van der Waals surface area contributed by atoms with Gasteiger partial charge in [0.15, 0.2) is 0 Å². The molecule has 0 N–H and O–H groups in total. The number of ether oxygens (including phenoxy) is 2. The van der Waals surface area contributed by atoms with Crippen molar-refractivity contribution in [1.29, 1.82) is 0 Å². The number of likely N-dealkylation sites (N-methyl/N-ethyl adjacent to an activating group) is 1. The average molecular weight is 309 g/mol. The van der Waals surface area contributed by atoms with Crippen molar-refractivity contribution in [3.63, 3.8) is 0 Å². The Morgan fingerprint density at radius 3 is 2.35 bits per heavy atom. The Kier molecular flexibility index (Phi) is 9.52. The summed E-state index contributed by atoms with van der Waals surface area (Å²) < 4.78 is 10.3. The van der Waals surface area contributed by atoms with E-state index in [2.05, 4.69) is 25.1 Å². The standard InChI is InChI=1S/C12H18NO2.ClH.Zn/c1-13(2)8-7-10-5-6-11(14-3)12(9-10)15-4;;/h5-6H,7-8H2,1-4H3;1H;/q-1;;+2/p-1. The molecule has 3 nitrogen and oxygen atoms in total. The second-order valence-corrected chi connectivity index (χ2v) is 3.64. The first-order valence-corrected chi connectivity index (χ1v) is 9.12. The first kappa shape index (κ1) is 16.7. The van der Waals surface area contributed by atoms with E-state index in [0.717, 1.165) is 41.6 Å². The van der Waals surface area contributed by atoms with Gasteiger partial charge in [-0.2, -0.15) is 11.6 Å². The summed E-state index contributed by atoms with van der Waals surface area (Å²) >= 11 is 0.847. The number of methoxy groups -OCH3 is 2. The van der Waals surface area contributed by atoms with E-state index < -0.39 is 0 Å². The van der Waals surface area contributed by atoms with Crippen molar-refractivity contribution in [3.05, 3.63) is 23.8 Å². The third-order valence-electron chi connectivity index (χ3n) is 2.19. The van der Waals surface area contributed by atoms with Crippen LogP contribution < -0.4 is 9.47 Å². The molecule has 0 bridgehead atoms. The molecule has 0 heterocycles. The summed E-state index contributed by atoms with van der Waals surface area (Å²) in [5, 5.41) is 0. The Labute approximate surface area is 118 Å². The van der Waals surface area contributed by atoms with E-state index >= 15 is 0 Å². The van der Waals surface area contributed by atoms with E-state index in [0.29, 0.717) is 5.75 Å². The van der Waals surface area contributed by atoms with Crippen LogP contribution in [-0.2, 0) is 23.7 Å². The molecule has 0 saturated carbocycles. The van der Waals surface area contributed by atoms with Crippen LogP contribution in [-0.4, -0.2) is 39.8 Å². The van der Waals surface area contributed by atoms with Crippen LogP contribution in [0.5, 0.6) is 11.5 Å². The predicted octanol–water partition coefficient (Wildman–Crippen LogP) is 2.30. The van der Waals surface area contributed by atoms with Crippen molar-refractivity contribution in [2.75, 3.05) is 34.9 Å². The molecule has 0 radical (unpaired) electrons. The van der Waals surface area contributed by atoms with Crippen molar-refractivity contribution in [3.8, 4) is 11.5 Å². The van der Waals surface area contributed by atoms with Crippen molar-refractivity contribution in [2.24, 2.45) is 0 Å². The van der Waals surface area contributed by atoms with Crippen LogP contribution in [0.3, 0.4) is 0 Å². The molecule has 0 aliphatic heterocycles. The molecule has 0 fully saturated rings. The van der Waals surface area contributed by atoms with Gasteiger partial charge in [0.2, 0.25) is 0 Å². The predicted molar refractivity (Wildman–Crippen MR) is 66.5 cm³/mol. The van der Waals surface area contributed by atoms with Gasteiger partial charge in [-0.3, -0.25) is 0 Å². The van der Waals surface area contributed by atoms with Gasteiger partial charge in [-0.15, -0.1) is 12.1 Å². The summed E-state index contributed by atoms with van der Waals surface area (Å²) in [5.74, 6) is 1.40. The molecule has 1 aromatic carbocycles. The van der Waals surface area contributed by atoms with Crippen LogP contribution in [0, 0.1) is 6.07 Å². The van der Waals surface area contributed by atoms with Gasteiger partial charge >= 0.3 is 27.0 Å². The molecule has 92 valence electrons. The van der Waals surface area contributed by atoms with Crippen molar-refractivity contribution >= 4 is 9.69 Å². The van der Waals surface area contributed by atoms with Crippen LogP contribution in [0.4, 0.5) is 0 Å². The minimum atomic E-state index is 0.675. The Hall–Kier alpha value is -0.307. The number of hydrogen-bond acceptors (Lipinski definition) is 3. The summed E-state index contributed by atoms with van der Waals surface area (Å²) in [6.07, 6.45) is 0.966. The van der Waals surface area contributed by atoms with Gasteiger partial charge in [-0.05, 0) is 27.1 Å².